The maximum absolute atomic E-state index is 11.3. The lowest BCUT2D eigenvalue weighted by atomic mass is 10.1. The zero-order valence-corrected chi connectivity index (χ0v) is 13.5. The van der Waals surface area contributed by atoms with E-state index in [9.17, 15) is 4.79 Å². The van der Waals surface area contributed by atoms with Crippen LogP contribution in [0.2, 0.25) is 5.02 Å². The van der Waals surface area contributed by atoms with Crippen LogP contribution in [-0.2, 0) is 0 Å². The van der Waals surface area contributed by atoms with Gasteiger partial charge in [-0.25, -0.2) is 4.79 Å². The first-order valence-electron chi connectivity index (χ1n) is 6.47. The highest BCUT2D eigenvalue weighted by atomic mass is 79.9. The van der Waals surface area contributed by atoms with Gasteiger partial charge in [0.1, 0.15) is 0 Å². The molecular formula is C15H13BrClN3O. The topological polar surface area (TPSA) is 60.7 Å². The van der Waals surface area contributed by atoms with E-state index in [2.05, 4.69) is 38.1 Å². The van der Waals surface area contributed by atoms with Crippen molar-refractivity contribution in [3.63, 3.8) is 0 Å². The van der Waals surface area contributed by atoms with Gasteiger partial charge in [0.05, 0.1) is 26.2 Å². The lowest BCUT2D eigenvalue weighted by molar-refractivity contribution is 0.885. The highest BCUT2D eigenvalue weighted by Gasteiger charge is 2.10. The Kier molecular flexibility index (Phi) is 3.78. The number of aromatic amines is 2. The number of halogens is 2. The predicted octanol–water partition coefficient (Wildman–Crippen LogP) is 4.45. The Hall–Kier alpha value is -1.72. The van der Waals surface area contributed by atoms with Crippen molar-refractivity contribution in [3.05, 3.63) is 61.9 Å². The van der Waals surface area contributed by atoms with Gasteiger partial charge < -0.3 is 15.3 Å². The van der Waals surface area contributed by atoms with Gasteiger partial charge in [-0.1, -0.05) is 23.7 Å². The van der Waals surface area contributed by atoms with E-state index in [1.54, 1.807) is 0 Å². The van der Waals surface area contributed by atoms with Crippen LogP contribution in [-0.4, -0.2) is 9.97 Å². The lowest BCUT2D eigenvalue weighted by Gasteiger charge is -2.17. The molecule has 0 saturated heterocycles. The van der Waals surface area contributed by atoms with Gasteiger partial charge in [0.2, 0.25) is 0 Å². The van der Waals surface area contributed by atoms with Crippen LogP contribution >= 0.6 is 27.5 Å². The monoisotopic (exact) mass is 365 g/mol. The third kappa shape index (κ3) is 2.84. The molecule has 0 amide bonds. The molecule has 3 aromatic rings. The minimum Gasteiger partial charge on any atom is -0.378 e. The highest BCUT2D eigenvalue weighted by molar-refractivity contribution is 9.10. The minimum atomic E-state index is -0.194. The van der Waals surface area contributed by atoms with Crippen LogP contribution in [0, 0.1) is 0 Å². The number of H-pyrrole nitrogens is 2. The van der Waals surface area contributed by atoms with E-state index in [0.717, 1.165) is 26.8 Å². The number of benzene rings is 2. The summed E-state index contributed by atoms with van der Waals surface area (Å²) in [6.07, 6.45) is 0. The number of rotatable bonds is 3. The number of fused-ring (bicyclic) bond motifs is 1. The van der Waals surface area contributed by atoms with Crippen molar-refractivity contribution in [3.8, 4) is 0 Å². The van der Waals surface area contributed by atoms with E-state index in [1.165, 1.54) is 0 Å². The molecule has 2 aromatic carbocycles. The predicted molar refractivity (Wildman–Crippen MR) is 90.1 cm³/mol. The second-order valence-electron chi connectivity index (χ2n) is 4.85. The molecule has 21 heavy (non-hydrogen) atoms. The lowest BCUT2D eigenvalue weighted by Crippen LogP contribution is -2.07. The molecule has 0 bridgehead atoms. The number of nitrogens with one attached hydrogen (secondary N) is 3. The molecule has 1 atom stereocenters. The van der Waals surface area contributed by atoms with Gasteiger partial charge >= 0.3 is 5.69 Å². The van der Waals surface area contributed by atoms with Gasteiger partial charge in [-0.05, 0) is 52.7 Å². The fraction of sp³-hybridized carbons (Fsp3) is 0.133. The standard InChI is InChI=1S/C15H13BrClN3O/c1-8(18-12-4-2-3-10(17)14(12)16)9-5-6-11-13(7-9)20-15(21)19-11/h2-8,18H,1H3,(H2,19,20,21). The number of imidazole rings is 1. The van der Waals surface area contributed by atoms with Crippen molar-refractivity contribution >= 4 is 44.3 Å². The van der Waals surface area contributed by atoms with Gasteiger partial charge in [0, 0.05) is 6.04 Å². The molecule has 0 fully saturated rings. The van der Waals surface area contributed by atoms with Crippen molar-refractivity contribution in [2.24, 2.45) is 0 Å². The van der Waals surface area contributed by atoms with Crippen molar-refractivity contribution in [2.75, 3.05) is 5.32 Å². The SMILES string of the molecule is CC(Nc1cccc(Cl)c1Br)c1ccc2[nH]c(=O)[nH]c2c1. The van der Waals surface area contributed by atoms with E-state index in [-0.39, 0.29) is 11.7 Å². The summed E-state index contributed by atoms with van der Waals surface area (Å²) >= 11 is 9.57. The largest absolute Gasteiger partial charge is 0.378 e. The minimum absolute atomic E-state index is 0.0718. The van der Waals surface area contributed by atoms with Crippen LogP contribution in [0.1, 0.15) is 18.5 Å². The van der Waals surface area contributed by atoms with Gasteiger partial charge in [0.25, 0.3) is 0 Å². The molecule has 0 aliphatic heterocycles. The molecular weight excluding hydrogens is 354 g/mol. The first-order valence-corrected chi connectivity index (χ1v) is 7.64. The third-order valence-electron chi connectivity index (χ3n) is 3.36. The Labute approximate surface area is 134 Å². The second-order valence-corrected chi connectivity index (χ2v) is 6.05. The summed E-state index contributed by atoms with van der Waals surface area (Å²) in [4.78, 5) is 16.8. The van der Waals surface area contributed by atoms with Crippen LogP contribution in [0.4, 0.5) is 5.69 Å². The molecule has 0 aliphatic rings. The first kappa shape index (κ1) is 14.2. The Balaban J connectivity index is 1.91. The highest BCUT2D eigenvalue weighted by Crippen LogP contribution is 2.32. The number of aromatic nitrogens is 2. The molecule has 1 heterocycles. The summed E-state index contributed by atoms with van der Waals surface area (Å²) in [5, 5.41) is 4.07. The number of anilines is 1. The molecule has 1 aromatic heterocycles. The Morgan fingerprint density at radius 1 is 1.19 bits per heavy atom. The summed E-state index contributed by atoms with van der Waals surface area (Å²) in [5.41, 5.74) is 3.42. The van der Waals surface area contributed by atoms with Crippen molar-refractivity contribution in [2.45, 2.75) is 13.0 Å². The molecule has 108 valence electrons. The summed E-state index contributed by atoms with van der Waals surface area (Å²) in [6.45, 7) is 2.05. The number of hydrogen-bond acceptors (Lipinski definition) is 2. The van der Waals surface area contributed by atoms with E-state index in [0.29, 0.717) is 5.02 Å². The van der Waals surface area contributed by atoms with Gasteiger partial charge in [-0.2, -0.15) is 0 Å². The smallest absolute Gasteiger partial charge is 0.323 e. The Morgan fingerprint density at radius 3 is 2.76 bits per heavy atom. The summed E-state index contributed by atoms with van der Waals surface area (Å²) in [7, 11) is 0. The van der Waals surface area contributed by atoms with Crippen molar-refractivity contribution in [1.82, 2.24) is 9.97 Å². The maximum atomic E-state index is 11.3. The van der Waals surface area contributed by atoms with Crippen LogP contribution in [0.5, 0.6) is 0 Å². The Bertz CT molecular complexity index is 855. The zero-order valence-electron chi connectivity index (χ0n) is 11.2. The first-order chi connectivity index (χ1) is 10.0. The molecule has 0 spiro atoms. The summed E-state index contributed by atoms with van der Waals surface area (Å²) < 4.78 is 0.842. The van der Waals surface area contributed by atoms with Gasteiger partial charge in [-0.3, -0.25) is 0 Å². The van der Waals surface area contributed by atoms with Crippen molar-refractivity contribution in [1.29, 1.82) is 0 Å². The zero-order chi connectivity index (χ0) is 15.0. The van der Waals surface area contributed by atoms with E-state index in [1.807, 2.05) is 36.4 Å². The Morgan fingerprint density at radius 2 is 1.95 bits per heavy atom. The summed E-state index contributed by atoms with van der Waals surface area (Å²) in [6, 6.07) is 11.6. The fourth-order valence-corrected chi connectivity index (χ4v) is 2.80. The molecule has 6 heteroatoms. The quantitative estimate of drug-likeness (QED) is 0.641. The van der Waals surface area contributed by atoms with E-state index < -0.39 is 0 Å². The van der Waals surface area contributed by atoms with Crippen LogP contribution in [0.15, 0.2) is 45.7 Å². The average Bonchev–Trinajstić information content (AvgIpc) is 2.82. The maximum Gasteiger partial charge on any atom is 0.323 e. The average molecular weight is 367 g/mol. The van der Waals surface area contributed by atoms with Crippen LogP contribution < -0.4 is 11.0 Å². The second kappa shape index (κ2) is 5.58. The summed E-state index contributed by atoms with van der Waals surface area (Å²) in [5.74, 6) is 0. The van der Waals surface area contributed by atoms with Crippen molar-refractivity contribution < 1.29 is 0 Å². The van der Waals surface area contributed by atoms with Crippen LogP contribution in [0.3, 0.4) is 0 Å². The fourth-order valence-electron chi connectivity index (χ4n) is 2.25. The molecule has 0 aliphatic carbocycles. The molecule has 0 radical (unpaired) electrons. The van der Waals surface area contributed by atoms with E-state index in [4.69, 9.17) is 11.6 Å². The number of hydrogen-bond donors (Lipinski definition) is 3. The van der Waals surface area contributed by atoms with Gasteiger partial charge in [-0.15, -0.1) is 0 Å². The third-order valence-corrected chi connectivity index (χ3v) is 4.76. The molecule has 3 N–H and O–H groups in total. The molecule has 3 rings (SSSR count). The molecule has 1 unspecified atom stereocenters. The molecule has 0 saturated carbocycles. The van der Waals surface area contributed by atoms with Crippen LogP contribution in [0.25, 0.3) is 11.0 Å². The van der Waals surface area contributed by atoms with E-state index >= 15 is 0 Å². The normalized spacial score (nSPS) is 12.5. The molecule has 4 nitrogen and oxygen atoms in total. The van der Waals surface area contributed by atoms with Gasteiger partial charge in [0.15, 0.2) is 0 Å².